The van der Waals surface area contributed by atoms with Gasteiger partial charge in [0.2, 0.25) is 0 Å². The van der Waals surface area contributed by atoms with E-state index in [0.29, 0.717) is 4.31 Å². The van der Waals surface area contributed by atoms with Crippen LogP contribution in [0.2, 0.25) is 0 Å². The van der Waals surface area contributed by atoms with Gasteiger partial charge in [-0.05, 0) is 32.9 Å². The van der Waals surface area contributed by atoms with Gasteiger partial charge in [0.1, 0.15) is 5.70 Å². The first-order chi connectivity index (χ1) is 12.3. The van der Waals surface area contributed by atoms with Crippen molar-refractivity contribution in [2.45, 2.75) is 25.7 Å². The Hall–Kier alpha value is -2.79. The molecular formula is C18H21NO6S. The number of sulfonamides is 1. The zero-order chi connectivity index (χ0) is 19.7. The minimum Gasteiger partial charge on any atom is -0.463 e. The molecule has 0 saturated carbocycles. The second-order valence-corrected chi connectivity index (χ2v) is 6.89. The summed E-state index contributed by atoms with van der Waals surface area (Å²) in [5.74, 6) is 0.312. The average Bonchev–Trinajstić information content (AvgIpc) is 2.58. The van der Waals surface area contributed by atoms with E-state index in [4.69, 9.17) is 15.9 Å². The highest BCUT2D eigenvalue weighted by Crippen LogP contribution is 2.21. The molecular weight excluding hydrogens is 358 g/mol. The summed E-state index contributed by atoms with van der Waals surface area (Å²) in [6.07, 6.45) is 6.05. The summed E-state index contributed by atoms with van der Waals surface area (Å²) in [6, 6.07) is 6.00. The van der Waals surface area contributed by atoms with Crippen LogP contribution in [-0.2, 0) is 29.1 Å². The monoisotopic (exact) mass is 379 g/mol. The number of ether oxygens (including phenoxy) is 2. The van der Waals surface area contributed by atoms with Crippen molar-refractivity contribution in [2.75, 3.05) is 19.8 Å². The van der Waals surface area contributed by atoms with Gasteiger partial charge in [0, 0.05) is 0 Å². The van der Waals surface area contributed by atoms with Crippen molar-refractivity contribution >= 4 is 22.0 Å². The second kappa shape index (κ2) is 9.63. The topological polar surface area (TPSA) is 90.0 Å². The van der Waals surface area contributed by atoms with E-state index in [1.165, 1.54) is 12.1 Å². The molecule has 1 aromatic carbocycles. The lowest BCUT2D eigenvalue weighted by atomic mass is 10.2. The van der Waals surface area contributed by atoms with Crippen LogP contribution in [0, 0.1) is 19.3 Å². The van der Waals surface area contributed by atoms with E-state index in [1.807, 2.05) is 0 Å². The summed E-state index contributed by atoms with van der Waals surface area (Å²) in [5, 5.41) is 0. The molecule has 0 aliphatic heterocycles. The van der Waals surface area contributed by atoms with Gasteiger partial charge >= 0.3 is 11.9 Å². The van der Waals surface area contributed by atoms with E-state index in [1.54, 1.807) is 32.9 Å². The molecule has 0 heterocycles. The number of rotatable bonds is 8. The molecule has 1 aromatic rings. The smallest absolute Gasteiger partial charge is 0.355 e. The molecule has 0 aliphatic rings. The van der Waals surface area contributed by atoms with Crippen LogP contribution in [0.1, 0.15) is 19.4 Å². The first-order valence-corrected chi connectivity index (χ1v) is 9.30. The molecule has 140 valence electrons. The Labute approximate surface area is 153 Å². The van der Waals surface area contributed by atoms with Crippen LogP contribution in [0.4, 0.5) is 0 Å². The van der Waals surface area contributed by atoms with Crippen LogP contribution < -0.4 is 0 Å². The Morgan fingerprint density at radius 2 is 1.73 bits per heavy atom. The lowest BCUT2D eigenvalue weighted by Gasteiger charge is -2.23. The molecule has 0 amide bonds. The summed E-state index contributed by atoms with van der Waals surface area (Å²) in [7, 11) is -4.19. The highest BCUT2D eigenvalue weighted by Gasteiger charge is 2.31. The number of benzene rings is 1. The Balaban J connectivity index is 3.47. The standard InChI is InChI=1S/C18H21NO6S/c1-5-12-19(26(22,23)15-10-8-14(4)9-11-15)16(18(21)25-7-3)13-17(20)24-6-2/h1,8-11,13H,6-7,12H2,2-4H3/b16-13+. The largest absolute Gasteiger partial charge is 0.463 e. The van der Waals surface area contributed by atoms with Crippen molar-refractivity contribution in [3.63, 3.8) is 0 Å². The zero-order valence-corrected chi connectivity index (χ0v) is 15.7. The average molecular weight is 379 g/mol. The number of carbonyl (C=O) groups is 2. The number of esters is 2. The first kappa shape index (κ1) is 21.3. The third-order valence-corrected chi connectivity index (χ3v) is 4.91. The molecule has 0 unspecified atom stereocenters. The molecule has 0 aromatic heterocycles. The summed E-state index contributed by atoms with van der Waals surface area (Å²) in [5.41, 5.74) is 0.351. The minimum atomic E-state index is -4.19. The summed E-state index contributed by atoms with van der Waals surface area (Å²) >= 11 is 0. The molecule has 0 aliphatic carbocycles. The predicted molar refractivity (Wildman–Crippen MR) is 95.3 cm³/mol. The van der Waals surface area contributed by atoms with Gasteiger partial charge in [-0.1, -0.05) is 23.6 Å². The summed E-state index contributed by atoms with van der Waals surface area (Å²) in [6.45, 7) is 4.54. The number of carbonyl (C=O) groups excluding carboxylic acids is 2. The zero-order valence-electron chi connectivity index (χ0n) is 14.9. The lowest BCUT2D eigenvalue weighted by Crippen LogP contribution is -2.35. The highest BCUT2D eigenvalue weighted by molar-refractivity contribution is 7.89. The lowest BCUT2D eigenvalue weighted by molar-refractivity contribution is -0.141. The van der Waals surface area contributed by atoms with Gasteiger partial charge < -0.3 is 9.47 Å². The molecule has 0 radical (unpaired) electrons. The maximum absolute atomic E-state index is 13.0. The van der Waals surface area contributed by atoms with Crippen molar-refractivity contribution in [1.82, 2.24) is 4.31 Å². The minimum absolute atomic E-state index is 0.00648. The molecule has 0 N–H and O–H groups in total. The van der Waals surface area contributed by atoms with E-state index in [-0.39, 0.29) is 18.1 Å². The van der Waals surface area contributed by atoms with E-state index in [2.05, 4.69) is 5.92 Å². The second-order valence-electron chi connectivity index (χ2n) is 5.03. The summed E-state index contributed by atoms with van der Waals surface area (Å²) in [4.78, 5) is 24.0. The third kappa shape index (κ3) is 5.36. The molecule has 0 fully saturated rings. The number of nitrogens with zero attached hydrogens (tertiary/aromatic N) is 1. The molecule has 7 nitrogen and oxygen atoms in total. The van der Waals surface area contributed by atoms with E-state index in [9.17, 15) is 18.0 Å². The molecule has 0 spiro atoms. The maximum Gasteiger partial charge on any atom is 0.355 e. The maximum atomic E-state index is 13.0. The van der Waals surface area contributed by atoms with E-state index in [0.717, 1.165) is 11.6 Å². The van der Waals surface area contributed by atoms with Crippen molar-refractivity contribution in [2.24, 2.45) is 0 Å². The van der Waals surface area contributed by atoms with Crippen LogP contribution >= 0.6 is 0 Å². The predicted octanol–water partition coefficient (Wildman–Crippen LogP) is 1.63. The Morgan fingerprint density at radius 1 is 1.15 bits per heavy atom. The van der Waals surface area contributed by atoms with Crippen LogP contribution in [0.5, 0.6) is 0 Å². The van der Waals surface area contributed by atoms with E-state index >= 15 is 0 Å². The highest BCUT2D eigenvalue weighted by atomic mass is 32.2. The van der Waals surface area contributed by atoms with Gasteiger partial charge in [0.15, 0.2) is 0 Å². The molecule has 26 heavy (non-hydrogen) atoms. The van der Waals surface area contributed by atoms with Crippen molar-refractivity contribution in [1.29, 1.82) is 0 Å². The van der Waals surface area contributed by atoms with Crippen molar-refractivity contribution in [3.05, 3.63) is 41.6 Å². The fourth-order valence-corrected chi connectivity index (χ4v) is 3.32. The molecule has 1 rings (SSSR count). The number of hydrogen-bond donors (Lipinski definition) is 0. The molecule has 0 atom stereocenters. The number of aryl methyl sites for hydroxylation is 1. The van der Waals surface area contributed by atoms with Crippen molar-refractivity contribution < 1.29 is 27.5 Å². The van der Waals surface area contributed by atoms with Crippen LogP contribution in [-0.4, -0.2) is 44.4 Å². The number of terminal acetylenes is 1. The van der Waals surface area contributed by atoms with Gasteiger partial charge in [-0.15, -0.1) is 6.42 Å². The van der Waals surface area contributed by atoms with Crippen molar-refractivity contribution in [3.8, 4) is 12.3 Å². The van der Waals surface area contributed by atoms with Gasteiger partial charge in [-0.2, -0.15) is 0 Å². The molecule has 0 bridgehead atoms. The Bertz CT molecular complexity index is 818. The fourth-order valence-electron chi connectivity index (χ4n) is 1.95. The van der Waals surface area contributed by atoms with Crippen LogP contribution in [0.25, 0.3) is 0 Å². The fraction of sp³-hybridized carbons (Fsp3) is 0.333. The van der Waals surface area contributed by atoms with Crippen LogP contribution in [0.15, 0.2) is 40.9 Å². The van der Waals surface area contributed by atoms with Gasteiger partial charge in [-0.25, -0.2) is 22.3 Å². The van der Waals surface area contributed by atoms with Gasteiger partial charge in [0.05, 0.1) is 30.7 Å². The number of hydrogen-bond acceptors (Lipinski definition) is 6. The van der Waals surface area contributed by atoms with E-state index < -0.39 is 34.2 Å². The quantitative estimate of drug-likeness (QED) is 0.387. The summed E-state index contributed by atoms with van der Waals surface area (Å²) < 4.78 is 36.2. The molecule has 8 heteroatoms. The van der Waals surface area contributed by atoms with Crippen LogP contribution in [0.3, 0.4) is 0 Å². The Morgan fingerprint density at radius 3 is 2.23 bits per heavy atom. The normalized spacial score (nSPS) is 11.4. The Kier molecular flexibility index (Phi) is 7.87. The third-order valence-electron chi connectivity index (χ3n) is 3.14. The van der Waals surface area contributed by atoms with Gasteiger partial charge in [0.25, 0.3) is 10.0 Å². The SMILES string of the molecule is C#CCN(/C(=C/C(=O)OCC)C(=O)OCC)S(=O)(=O)c1ccc(C)cc1. The first-order valence-electron chi connectivity index (χ1n) is 7.86. The van der Waals surface area contributed by atoms with Gasteiger partial charge in [-0.3, -0.25) is 0 Å². The molecule has 0 saturated heterocycles.